The Labute approximate surface area is 234 Å². The zero-order chi connectivity index (χ0) is 27.4. The summed E-state index contributed by atoms with van der Waals surface area (Å²) in [6.07, 6.45) is 0. The zero-order valence-corrected chi connectivity index (χ0v) is 24.3. The Kier molecular flexibility index (Phi) is 8.05. The van der Waals surface area contributed by atoms with Crippen LogP contribution in [0.1, 0.15) is 33.4 Å². The first kappa shape index (κ1) is 26.6. The summed E-state index contributed by atoms with van der Waals surface area (Å²) in [6.45, 7) is 10.9. The number of nitrogens with zero attached hydrogens (tertiary/aromatic N) is 2. The van der Waals surface area contributed by atoms with Gasteiger partial charge in [0.2, 0.25) is 0 Å². The lowest BCUT2D eigenvalue weighted by Crippen LogP contribution is -2.35. The molecule has 0 aliphatic carbocycles. The maximum absolute atomic E-state index is 5.55. The van der Waals surface area contributed by atoms with Crippen molar-refractivity contribution in [3.63, 3.8) is 0 Å². The third-order valence-electron chi connectivity index (χ3n) is 7.02. The van der Waals surface area contributed by atoms with E-state index < -0.39 is 8.07 Å². The second kappa shape index (κ2) is 11.8. The van der Waals surface area contributed by atoms with Gasteiger partial charge < -0.3 is 0 Å². The first-order valence-electron chi connectivity index (χ1n) is 13.4. The summed E-state index contributed by atoms with van der Waals surface area (Å²) >= 11 is 0. The van der Waals surface area contributed by atoms with Crippen LogP contribution in [-0.4, -0.2) is 5.84 Å². The molecular weight excluding hydrogens is 491 g/mol. The van der Waals surface area contributed by atoms with E-state index in [0.717, 1.165) is 17.1 Å². The normalized spacial score (nSPS) is 11.6. The monoisotopic (exact) mass is 526 g/mol. The largest absolute Gasteiger partial charge is 0.295 e. The van der Waals surface area contributed by atoms with E-state index in [0.29, 0.717) is 0 Å². The highest BCUT2D eigenvalue weighted by Gasteiger charge is 2.30. The van der Waals surface area contributed by atoms with Gasteiger partial charge in [-0.15, -0.1) is 0 Å². The predicted molar refractivity (Wildman–Crippen MR) is 171 cm³/mol. The summed E-state index contributed by atoms with van der Waals surface area (Å²) in [4.78, 5) is 5.55. The van der Waals surface area contributed by atoms with Crippen molar-refractivity contribution < 1.29 is 0 Å². The van der Waals surface area contributed by atoms with Crippen LogP contribution in [-0.2, 0) is 0 Å². The van der Waals surface area contributed by atoms with Crippen LogP contribution < -0.4 is 15.3 Å². The number of para-hydroxylation sites is 2. The van der Waals surface area contributed by atoms with Gasteiger partial charge in [0.05, 0.1) is 19.4 Å². The lowest BCUT2D eigenvalue weighted by molar-refractivity contribution is 1.28. The molecule has 0 amide bonds. The number of rotatable bonds is 6. The van der Waals surface area contributed by atoms with Crippen molar-refractivity contribution >= 4 is 35.9 Å². The van der Waals surface area contributed by atoms with Crippen molar-refractivity contribution in [2.24, 2.45) is 4.99 Å². The maximum atomic E-state index is 5.55. The van der Waals surface area contributed by atoms with Gasteiger partial charge >= 0.3 is 0 Å². The van der Waals surface area contributed by atoms with E-state index in [1.807, 2.05) is 0 Å². The summed E-state index contributed by atoms with van der Waals surface area (Å²) < 4.78 is 2.53. The average Bonchev–Trinajstić information content (AvgIpc) is 2.94. The SMILES string of the molecule is Cc1ccc(C(=Nc2c(C)cccc2C)N(c2c(C)cccc2C)P(c2ccccc2)c2ccccc2)cc1. The van der Waals surface area contributed by atoms with Gasteiger partial charge in [-0.1, -0.05) is 127 Å². The molecule has 0 radical (unpaired) electrons. The minimum absolute atomic E-state index is 0.962. The quantitative estimate of drug-likeness (QED) is 0.123. The standard InChI is InChI=1S/C36H35N2P/c1-26-22-24-31(25-23-26)36(37-34-27(2)14-12-15-28(34)3)38(35-29(4)16-13-17-30(35)5)39(32-18-8-6-9-19-32)33-20-10-7-11-21-33/h6-25H,1-5H3. The number of amidine groups is 1. The summed E-state index contributed by atoms with van der Waals surface area (Å²) in [6, 6.07) is 43.6. The molecule has 3 heteroatoms. The molecule has 0 aliphatic rings. The van der Waals surface area contributed by atoms with Gasteiger partial charge in [-0.3, -0.25) is 4.67 Å². The lowest BCUT2D eigenvalue weighted by atomic mass is 10.1. The molecule has 39 heavy (non-hydrogen) atoms. The highest BCUT2D eigenvalue weighted by atomic mass is 31.1. The third-order valence-corrected chi connectivity index (χ3v) is 9.38. The number of hydrogen-bond donors (Lipinski definition) is 0. The smallest absolute Gasteiger partial charge is 0.144 e. The summed E-state index contributed by atoms with van der Waals surface area (Å²) in [7, 11) is -1.01. The molecular formula is C36H35N2P. The summed E-state index contributed by atoms with van der Waals surface area (Å²) in [5, 5.41) is 2.56. The molecule has 0 N–H and O–H groups in total. The molecule has 0 heterocycles. The van der Waals surface area contributed by atoms with Gasteiger partial charge in [-0.05, 0) is 56.9 Å². The average molecular weight is 527 g/mol. The van der Waals surface area contributed by atoms with Gasteiger partial charge in [0, 0.05) is 16.2 Å². The highest BCUT2D eigenvalue weighted by molar-refractivity contribution is 7.75. The molecule has 0 bridgehead atoms. The van der Waals surface area contributed by atoms with Crippen LogP contribution in [0, 0.1) is 34.6 Å². The van der Waals surface area contributed by atoms with Crippen molar-refractivity contribution in [3.8, 4) is 0 Å². The van der Waals surface area contributed by atoms with Crippen LogP contribution in [0.5, 0.6) is 0 Å². The van der Waals surface area contributed by atoms with Crippen LogP contribution in [0.25, 0.3) is 0 Å². The Morgan fingerprint density at radius 2 is 0.974 bits per heavy atom. The number of benzene rings is 5. The van der Waals surface area contributed by atoms with Crippen molar-refractivity contribution in [1.29, 1.82) is 0 Å². The van der Waals surface area contributed by atoms with Crippen LogP contribution >= 0.6 is 8.07 Å². The molecule has 0 spiro atoms. The van der Waals surface area contributed by atoms with E-state index in [1.54, 1.807) is 0 Å². The minimum atomic E-state index is -1.01. The van der Waals surface area contributed by atoms with E-state index in [1.165, 1.54) is 44.1 Å². The van der Waals surface area contributed by atoms with Crippen LogP contribution in [0.15, 0.2) is 126 Å². The number of anilines is 1. The van der Waals surface area contributed by atoms with Crippen LogP contribution in [0.3, 0.4) is 0 Å². The van der Waals surface area contributed by atoms with Crippen molar-refractivity contribution in [1.82, 2.24) is 0 Å². The highest BCUT2D eigenvalue weighted by Crippen LogP contribution is 2.46. The molecule has 0 aromatic heterocycles. The molecule has 0 saturated carbocycles. The lowest BCUT2D eigenvalue weighted by Gasteiger charge is -2.37. The van der Waals surface area contributed by atoms with Gasteiger partial charge in [0.25, 0.3) is 0 Å². The second-order valence-electron chi connectivity index (χ2n) is 10.1. The Morgan fingerprint density at radius 1 is 0.513 bits per heavy atom. The van der Waals surface area contributed by atoms with E-state index in [-0.39, 0.29) is 0 Å². The van der Waals surface area contributed by atoms with Gasteiger partial charge in [-0.25, -0.2) is 4.99 Å². The molecule has 0 saturated heterocycles. The fourth-order valence-electron chi connectivity index (χ4n) is 4.98. The molecule has 5 aromatic carbocycles. The second-order valence-corrected chi connectivity index (χ2v) is 12.1. The Balaban J connectivity index is 1.90. The molecule has 0 unspecified atom stereocenters. The topological polar surface area (TPSA) is 15.6 Å². The summed E-state index contributed by atoms with van der Waals surface area (Å²) in [5.74, 6) is 0.962. The number of hydrogen-bond acceptors (Lipinski definition) is 1. The Hall–Kier alpha value is -4.00. The first-order chi connectivity index (χ1) is 18.9. The molecule has 2 nitrogen and oxygen atoms in total. The predicted octanol–water partition coefficient (Wildman–Crippen LogP) is 8.86. The molecule has 194 valence electrons. The van der Waals surface area contributed by atoms with E-state index in [2.05, 4.69) is 161 Å². The zero-order valence-electron chi connectivity index (χ0n) is 23.4. The number of aliphatic imine (C=N–C) groups is 1. The Bertz CT molecular complexity index is 1510. The van der Waals surface area contributed by atoms with Gasteiger partial charge in [-0.2, -0.15) is 0 Å². The van der Waals surface area contributed by atoms with Gasteiger partial charge in [0.1, 0.15) is 5.84 Å². The van der Waals surface area contributed by atoms with Gasteiger partial charge in [0.15, 0.2) is 0 Å². The minimum Gasteiger partial charge on any atom is -0.295 e. The fourth-order valence-corrected chi connectivity index (χ4v) is 7.52. The van der Waals surface area contributed by atoms with Crippen molar-refractivity contribution in [2.75, 3.05) is 4.67 Å². The fraction of sp³-hybridized carbons (Fsp3) is 0.139. The van der Waals surface area contributed by atoms with E-state index in [4.69, 9.17) is 4.99 Å². The number of aryl methyl sites for hydroxylation is 5. The molecule has 5 rings (SSSR count). The van der Waals surface area contributed by atoms with Crippen LogP contribution in [0.4, 0.5) is 11.4 Å². The molecule has 0 aliphatic heterocycles. The molecule has 0 fully saturated rings. The van der Waals surface area contributed by atoms with Crippen LogP contribution in [0.2, 0.25) is 0 Å². The molecule has 5 aromatic rings. The van der Waals surface area contributed by atoms with E-state index >= 15 is 0 Å². The van der Waals surface area contributed by atoms with Crippen molar-refractivity contribution in [3.05, 3.63) is 155 Å². The Morgan fingerprint density at radius 3 is 1.46 bits per heavy atom. The first-order valence-corrected chi connectivity index (χ1v) is 14.7. The van der Waals surface area contributed by atoms with Crippen molar-refractivity contribution in [2.45, 2.75) is 34.6 Å². The van der Waals surface area contributed by atoms with E-state index in [9.17, 15) is 0 Å². The summed E-state index contributed by atoms with van der Waals surface area (Å²) in [5.41, 5.74) is 9.38. The maximum Gasteiger partial charge on any atom is 0.144 e. The molecule has 0 atom stereocenters. The third kappa shape index (κ3) is 5.72.